The van der Waals surface area contributed by atoms with Gasteiger partial charge in [0.1, 0.15) is 0 Å². The lowest BCUT2D eigenvalue weighted by molar-refractivity contribution is 0.295. The quantitative estimate of drug-likeness (QED) is 0.460. The number of fused-ring (bicyclic) bond motifs is 5. The van der Waals surface area contributed by atoms with Gasteiger partial charge in [0.05, 0.1) is 0 Å². The Hall–Kier alpha value is -1.82. The molecular weight excluding hydrogens is 264 g/mol. The minimum Gasteiger partial charge on any atom is -0.0648 e. The maximum absolute atomic E-state index is 2.44. The van der Waals surface area contributed by atoms with E-state index in [9.17, 15) is 0 Å². The summed E-state index contributed by atoms with van der Waals surface area (Å²) in [5.41, 5.74) is 3.22. The molecule has 4 rings (SSSR count). The summed E-state index contributed by atoms with van der Waals surface area (Å²) >= 11 is 0. The van der Waals surface area contributed by atoms with Gasteiger partial charge in [-0.1, -0.05) is 69.3 Å². The summed E-state index contributed by atoms with van der Waals surface area (Å²) in [6.45, 7) is 7.20. The Balaban J connectivity index is 2.04. The van der Waals surface area contributed by atoms with Crippen LogP contribution >= 0.6 is 0 Å². The van der Waals surface area contributed by atoms with Crippen molar-refractivity contribution >= 4 is 21.5 Å². The van der Waals surface area contributed by atoms with Crippen LogP contribution in [0, 0.1) is 11.8 Å². The highest BCUT2D eigenvalue weighted by Gasteiger charge is 2.31. The van der Waals surface area contributed by atoms with Crippen LogP contribution in [0.4, 0.5) is 0 Å². The molecular formula is C22H24. The number of hydrogen-bond acceptors (Lipinski definition) is 0. The van der Waals surface area contributed by atoms with Gasteiger partial charge in [-0.3, -0.25) is 0 Å². The lowest BCUT2D eigenvalue weighted by Gasteiger charge is -2.36. The molecule has 1 aliphatic rings. The van der Waals surface area contributed by atoms with Gasteiger partial charge in [0.25, 0.3) is 0 Å². The van der Waals surface area contributed by atoms with Crippen LogP contribution in [0.3, 0.4) is 0 Å². The van der Waals surface area contributed by atoms with Crippen molar-refractivity contribution in [3.63, 3.8) is 0 Å². The van der Waals surface area contributed by atoms with Crippen molar-refractivity contribution in [2.75, 3.05) is 0 Å². The van der Waals surface area contributed by atoms with Crippen molar-refractivity contribution in [1.29, 1.82) is 0 Å². The molecule has 112 valence electrons. The van der Waals surface area contributed by atoms with E-state index in [4.69, 9.17) is 0 Å². The summed E-state index contributed by atoms with van der Waals surface area (Å²) in [7, 11) is 0. The summed E-state index contributed by atoms with van der Waals surface area (Å²) in [6.07, 6.45) is 2.47. The smallest absolute Gasteiger partial charge is 0.0102 e. The van der Waals surface area contributed by atoms with E-state index in [1.54, 1.807) is 11.1 Å². The minimum atomic E-state index is 0.717. The van der Waals surface area contributed by atoms with E-state index in [1.807, 2.05) is 0 Å². The monoisotopic (exact) mass is 288 g/mol. The Labute approximate surface area is 133 Å². The van der Waals surface area contributed by atoms with E-state index in [2.05, 4.69) is 69.3 Å². The van der Waals surface area contributed by atoms with E-state index in [0.717, 1.165) is 17.8 Å². The summed E-state index contributed by atoms with van der Waals surface area (Å²) in [5.74, 6) is 2.28. The van der Waals surface area contributed by atoms with Crippen LogP contribution in [0.25, 0.3) is 21.5 Å². The van der Waals surface area contributed by atoms with Crippen LogP contribution in [0.15, 0.2) is 48.5 Å². The molecule has 0 spiro atoms. The predicted molar refractivity (Wildman–Crippen MR) is 96.5 cm³/mol. The predicted octanol–water partition coefficient (Wildman–Crippen LogP) is 6.31. The molecule has 0 bridgehead atoms. The van der Waals surface area contributed by atoms with E-state index < -0.39 is 0 Å². The second-order valence-electron chi connectivity index (χ2n) is 7.07. The van der Waals surface area contributed by atoms with Crippen LogP contribution in [0.2, 0.25) is 0 Å². The van der Waals surface area contributed by atoms with Crippen molar-refractivity contribution in [2.24, 2.45) is 11.8 Å². The number of hydrogen-bond donors (Lipinski definition) is 0. The second kappa shape index (κ2) is 5.12. The van der Waals surface area contributed by atoms with Crippen molar-refractivity contribution in [2.45, 2.75) is 39.5 Å². The molecule has 0 heteroatoms. The van der Waals surface area contributed by atoms with Gasteiger partial charge in [0.15, 0.2) is 0 Å². The number of benzene rings is 3. The maximum atomic E-state index is 2.44. The molecule has 3 aromatic rings. The molecule has 0 radical (unpaired) electrons. The lowest BCUT2D eigenvalue weighted by Crippen LogP contribution is -2.25. The molecule has 22 heavy (non-hydrogen) atoms. The van der Waals surface area contributed by atoms with E-state index >= 15 is 0 Å². The summed E-state index contributed by atoms with van der Waals surface area (Å²) in [6, 6.07) is 18.2. The fraction of sp³-hybridized carbons (Fsp3) is 0.364. The Morgan fingerprint density at radius 1 is 0.864 bits per heavy atom. The molecule has 1 aliphatic carbocycles. The molecule has 0 saturated heterocycles. The first-order valence-corrected chi connectivity index (χ1v) is 8.64. The minimum absolute atomic E-state index is 0.717. The van der Waals surface area contributed by atoms with Crippen LogP contribution in [0.5, 0.6) is 0 Å². The number of rotatable bonds is 1. The topological polar surface area (TPSA) is 0 Å². The van der Waals surface area contributed by atoms with Gasteiger partial charge in [-0.2, -0.15) is 0 Å². The average Bonchev–Trinajstić information content (AvgIpc) is 2.55. The first-order valence-electron chi connectivity index (χ1n) is 8.64. The maximum Gasteiger partial charge on any atom is -0.0102 e. The third-order valence-corrected chi connectivity index (χ3v) is 5.97. The summed E-state index contributed by atoms with van der Waals surface area (Å²) in [4.78, 5) is 0. The first-order chi connectivity index (χ1) is 10.7. The van der Waals surface area contributed by atoms with Crippen LogP contribution in [-0.2, 0) is 6.42 Å². The SMILES string of the molecule is CCC1c2ccc3c(ccc4ccccc43)c2CC(C)C1C. The molecule has 0 fully saturated rings. The van der Waals surface area contributed by atoms with Gasteiger partial charge in [-0.15, -0.1) is 0 Å². The molecule has 3 unspecified atom stereocenters. The average molecular weight is 288 g/mol. The zero-order valence-electron chi connectivity index (χ0n) is 13.8. The highest BCUT2D eigenvalue weighted by Crippen LogP contribution is 2.44. The zero-order valence-corrected chi connectivity index (χ0v) is 13.8. The largest absolute Gasteiger partial charge is 0.0648 e. The zero-order chi connectivity index (χ0) is 15.3. The standard InChI is InChI=1S/C22H24/c1-4-17-15(3)14(2)13-22-19(17)11-12-20-18-8-6-5-7-16(18)9-10-21(20)22/h5-12,14-15,17H,4,13H2,1-3H3. The Morgan fingerprint density at radius 2 is 1.64 bits per heavy atom. The van der Waals surface area contributed by atoms with Crippen molar-refractivity contribution in [3.8, 4) is 0 Å². The van der Waals surface area contributed by atoms with Crippen molar-refractivity contribution in [3.05, 3.63) is 59.7 Å². The fourth-order valence-electron chi connectivity index (χ4n) is 4.52. The molecule has 3 atom stereocenters. The van der Waals surface area contributed by atoms with Crippen molar-refractivity contribution in [1.82, 2.24) is 0 Å². The molecule has 0 N–H and O–H groups in total. The van der Waals surface area contributed by atoms with Crippen molar-refractivity contribution < 1.29 is 0 Å². The Bertz CT molecular complexity index is 843. The third kappa shape index (κ3) is 1.90. The Kier molecular flexibility index (Phi) is 3.22. The van der Waals surface area contributed by atoms with E-state index in [0.29, 0.717) is 0 Å². The molecule has 0 aromatic heterocycles. The second-order valence-corrected chi connectivity index (χ2v) is 7.07. The van der Waals surface area contributed by atoms with Gasteiger partial charge in [0.2, 0.25) is 0 Å². The van der Waals surface area contributed by atoms with Gasteiger partial charge in [-0.25, -0.2) is 0 Å². The van der Waals surface area contributed by atoms with Gasteiger partial charge in [-0.05, 0) is 63.3 Å². The molecule has 0 aliphatic heterocycles. The fourth-order valence-corrected chi connectivity index (χ4v) is 4.52. The lowest BCUT2D eigenvalue weighted by atomic mass is 9.68. The molecule has 0 nitrogen and oxygen atoms in total. The van der Waals surface area contributed by atoms with Crippen LogP contribution in [-0.4, -0.2) is 0 Å². The highest BCUT2D eigenvalue weighted by atomic mass is 14.4. The van der Waals surface area contributed by atoms with E-state index in [1.165, 1.54) is 34.4 Å². The van der Waals surface area contributed by atoms with Crippen LogP contribution in [0.1, 0.15) is 44.2 Å². The van der Waals surface area contributed by atoms with Gasteiger partial charge < -0.3 is 0 Å². The highest BCUT2D eigenvalue weighted by molar-refractivity contribution is 6.08. The first kappa shape index (κ1) is 13.8. The molecule has 0 saturated carbocycles. The summed E-state index contributed by atoms with van der Waals surface area (Å²) in [5, 5.41) is 5.64. The van der Waals surface area contributed by atoms with E-state index in [-0.39, 0.29) is 0 Å². The summed E-state index contributed by atoms with van der Waals surface area (Å²) < 4.78 is 0. The molecule has 3 aromatic carbocycles. The van der Waals surface area contributed by atoms with Crippen LogP contribution < -0.4 is 0 Å². The molecule has 0 heterocycles. The van der Waals surface area contributed by atoms with Gasteiger partial charge >= 0.3 is 0 Å². The third-order valence-electron chi connectivity index (χ3n) is 5.97. The van der Waals surface area contributed by atoms with Gasteiger partial charge in [0, 0.05) is 0 Å². The molecule has 0 amide bonds. The Morgan fingerprint density at radius 3 is 2.45 bits per heavy atom. The normalized spacial score (nSPS) is 24.6.